The molecule has 0 radical (unpaired) electrons. The van der Waals surface area contributed by atoms with Crippen molar-refractivity contribution in [3.05, 3.63) is 39.6 Å². The van der Waals surface area contributed by atoms with E-state index in [2.05, 4.69) is 31.2 Å². The number of nitrogens with one attached hydrogen (secondary N) is 1. The summed E-state index contributed by atoms with van der Waals surface area (Å²) >= 11 is 6.42. The Hall–Kier alpha value is -1.26. The van der Waals surface area contributed by atoms with Gasteiger partial charge in [-0.3, -0.25) is 4.68 Å². The Kier molecular flexibility index (Phi) is 5.12. The Morgan fingerprint density at radius 2 is 2.00 bits per heavy atom. The van der Waals surface area contributed by atoms with Crippen LogP contribution in [0.2, 0.25) is 5.02 Å². The summed E-state index contributed by atoms with van der Waals surface area (Å²) in [4.78, 5) is 0. The molecular formula is C16H24ClN3O. The van der Waals surface area contributed by atoms with Crippen molar-refractivity contribution in [2.75, 3.05) is 6.54 Å². The van der Waals surface area contributed by atoms with Crippen LogP contribution in [0.15, 0.2) is 10.6 Å². The molecule has 4 nitrogen and oxygen atoms in total. The summed E-state index contributed by atoms with van der Waals surface area (Å²) in [7, 11) is 0. The zero-order chi connectivity index (χ0) is 15.6. The first-order valence-electron chi connectivity index (χ1n) is 7.52. The lowest BCUT2D eigenvalue weighted by atomic mass is 9.99. The molecule has 0 saturated heterocycles. The van der Waals surface area contributed by atoms with Crippen LogP contribution in [0, 0.1) is 20.8 Å². The van der Waals surface area contributed by atoms with E-state index in [0.29, 0.717) is 5.02 Å². The molecule has 1 unspecified atom stereocenters. The van der Waals surface area contributed by atoms with E-state index in [1.807, 2.05) is 18.5 Å². The van der Waals surface area contributed by atoms with Crippen molar-refractivity contribution in [1.29, 1.82) is 0 Å². The fraction of sp³-hybridized carbons (Fsp3) is 0.562. The first-order chi connectivity index (χ1) is 10.0. The van der Waals surface area contributed by atoms with E-state index in [-0.39, 0.29) is 6.04 Å². The second-order valence-corrected chi connectivity index (χ2v) is 5.75. The van der Waals surface area contributed by atoms with E-state index in [1.54, 1.807) is 6.20 Å². The van der Waals surface area contributed by atoms with Gasteiger partial charge < -0.3 is 9.73 Å². The Labute approximate surface area is 131 Å². The van der Waals surface area contributed by atoms with Gasteiger partial charge in [0, 0.05) is 12.1 Å². The molecule has 116 valence electrons. The van der Waals surface area contributed by atoms with Gasteiger partial charge >= 0.3 is 0 Å². The number of hydrogen-bond acceptors (Lipinski definition) is 3. The van der Waals surface area contributed by atoms with Crippen LogP contribution in [-0.2, 0) is 6.54 Å². The van der Waals surface area contributed by atoms with Crippen molar-refractivity contribution in [1.82, 2.24) is 15.1 Å². The topological polar surface area (TPSA) is 43.0 Å². The zero-order valence-corrected chi connectivity index (χ0v) is 14.2. The SMILES string of the molecule is CCCn1ncc(Cl)c1C(NCC)c1c(C)oc(C)c1C. The minimum absolute atomic E-state index is 0.00833. The van der Waals surface area contributed by atoms with Gasteiger partial charge in [-0.05, 0) is 39.3 Å². The fourth-order valence-electron chi connectivity index (χ4n) is 2.82. The van der Waals surface area contributed by atoms with Gasteiger partial charge in [0.1, 0.15) is 11.5 Å². The third-order valence-electron chi connectivity index (χ3n) is 3.86. The van der Waals surface area contributed by atoms with Gasteiger partial charge in [0.2, 0.25) is 0 Å². The number of rotatable bonds is 6. The van der Waals surface area contributed by atoms with Gasteiger partial charge in [-0.25, -0.2) is 0 Å². The van der Waals surface area contributed by atoms with Crippen LogP contribution in [0.25, 0.3) is 0 Å². The molecule has 5 heteroatoms. The smallest absolute Gasteiger partial charge is 0.106 e. The molecule has 0 spiro atoms. The number of furan rings is 1. The minimum Gasteiger partial charge on any atom is -0.466 e. The van der Waals surface area contributed by atoms with Gasteiger partial charge in [-0.1, -0.05) is 25.4 Å². The molecule has 2 aromatic heterocycles. The van der Waals surface area contributed by atoms with Crippen LogP contribution < -0.4 is 5.32 Å². The van der Waals surface area contributed by atoms with Crippen LogP contribution >= 0.6 is 11.6 Å². The van der Waals surface area contributed by atoms with E-state index < -0.39 is 0 Å². The maximum Gasteiger partial charge on any atom is 0.106 e. The van der Waals surface area contributed by atoms with Crippen LogP contribution in [0.5, 0.6) is 0 Å². The number of hydrogen-bond donors (Lipinski definition) is 1. The summed E-state index contributed by atoms with van der Waals surface area (Å²) in [6.45, 7) is 12.0. The summed E-state index contributed by atoms with van der Waals surface area (Å²) in [6.07, 6.45) is 2.75. The fourth-order valence-corrected chi connectivity index (χ4v) is 3.07. The Morgan fingerprint density at radius 3 is 2.52 bits per heavy atom. The molecule has 1 N–H and O–H groups in total. The lowest BCUT2D eigenvalue weighted by molar-refractivity contribution is 0.484. The average molecular weight is 310 g/mol. The summed E-state index contributed by atoms with van der Waals surface area (Å²) in [5.41, 5.74) is 3.38. The molecule has 0 aliphatic heterocycles. The summed E-state index contributed by atoms with van der Waals surface area (Å²) < 4.78 is 7.79. The quantitative estimate of drug-likeness (QED) is 0.871. The van der Waals surface area contributed by atoms with Gasteiger partial charge in [0.05, 0.1) is 23.0 Å². The molecule has 0 saturated carbocycles. The van der Waals surface area contributed by atoms with Crippen molar-refractivity contribution < 1.29 is 4.42 Å². The Balaban J connectivity index is 2.56. The normalized spacial score (nSPS) is 12.9. The van der Waals surface area contributed by atoms with Crippen molar-refractivity contribution in [2.24, 2.45) is 0 Å². The highest BCUT2D eigenvalue weighted by Gasteiger charge is 2.27. The predicted molar refractivity (Wildman–Crippen MR) is 86.0 cm³/mol. The summed E-state index contributed by atoms with van der Waals surface area (Å²) in [5, 5.41) is 8.65. The molecule has 2 rings (SSSR count). The van der Waals surface area contributed by atoms with Crippen molar-refractivity contribution >= 4 is 11.6 Å². The third kappa shape index (κ3) is 3.01. The van der Waals surface area contributed by atoms with Gasteiger partial charge in [0.25, 0.3) is 0 Å². The molecule has 2 aromatic rings. The zero-order valence-electron chi connectivity index (χ0n) is 13.5. The molecule has 0 aliphatic rings. The predicted octanol–water partition coefficient (Wildman–Crippen LogP) is 4.16. The van der Waals surface area contributed by atoms with Crippen molar-refractivity contribution in [2.45, 2.75) is 53.6 Å². The van der Waals surface area contributed by atoms with Gasteiger partial charge in [-0.2, -0.15) is 5.10 Å². The number of aryl methyl sites for hydroxylation is 3. The standard InChI is InChI=1S/C16H24ClN3O/c1-6-8-20-16(13(17)9-19-20)15(18-7-2)14-10(3)11(4)21-12(14)5/h9,15,18H,6-8H2,1-5H3. The maximum atomic E-state index is 6.42. The second-order valence-electron chi connectivity index (χ2n) is 5.34. The molecule has 0 aromatic carbocycles. The average Bonchev–Trinajstić information content (AvgIpc) is 2.90. The van der Waals surface area contributed by atoms with E-state index in [1.165, 1.54) is 11.1 Å². The molecular weight excluding hydrogens is 286 g/mol. The summed E-state index contributed by atoms with van der Waals surface area (Å²) in [6, 6.07) is 0.00833. The van der Waals surface area contributed by atoms with Gasteiger partial charge in [-0.15, -0.1) is 0 Å². The highest BCUT2D eigenvalue weighted by Crippen LogP contribution is 2.34. The van der Waals surface area contributed by atoms with Crippen LogP contribution in [-0.4, -0.2) is 16.3 Å². The molecule has 2 heterocycles. The van der Waals surface area contributed by atoms with E-state index >= 15 is 0 Å². The number of halogens is 1. The number of nitrogens with zero attached hydrogens (tertiary/aromatic N) is 2. The lowest BCUT2D eigenvalue weighted by Crippen LogP contribution is -2.26. The third-order valence-corrected chi connectivity index (χ3v) is 4.15. The first-order valence-corrected chi connectivity index (χ1v) is 7.90. The summed E-state index contributed by atoms with van der Waals surface area (Å²) in [5.74, 6) is 1.90. The van der Waals surface area contributed by atoms with Crippen molar-refractivity contribution in [3.63, 3.8) is 0 Å². The van der Waals surface area contributed by atoms with Crippen LogP contribution in [0.4, 0.5) is 0 Å². The number of aromatic nitrogens is 2. The molecule has 0 fully saturated rings. The van der Waals surface area contributed by atoms with E-state index in [9.17, 15) is 0 Å². The van der Waals surface area contributed by atoms with Gasteiger partial charge in [0.15, 0.2) is 0 Å². The van der Waals surface area contributed by atoms with E-state index in [0.717, 1.165) is 36.7 Å². The van der Waals surface area contributed by atoms with Crippen molar-refractivity contribution in [3.8, 4) is 0 Å². The lowest BCUT2D eigenvalue weighted by Gasteiger charge is -2.21. The second kappa shape index (κ2) is 6.67. The monoisotopic (exact) mass is 309 g/mol. The first kappa shape index (κ1) is 16.1. The maximum absolute atomic E-state index is 6.42. The highest BCUT2D eigenvalue weighted by molar-refractivity contribution is 6.31. The Morgan fingerprint density at radius 1 is 1.29 bits per heavy atom. The Bertz CT molecular complexity index is 615. The molecule has 0 amide bonds. The highest BCUT2D eigenvalue weighted by atomic mass is 35.5. The van der Waals surface area contributed by atoms with E-state index in [4.69, 9.17) is 16.0 Å². The van der Waals surface area contributed by atoms with Crippen LogP contribution in [0.1, 0.15) is 54.7 Å². The molecule has 0 bridgehead atoms. The molecule has 21 heavy (non-hydrogen) atoms. The molecule has 0 aliphatic carbocycles. The minimum atomic E-state index is 0.00833. The van der Waals surface area contributed by atoms with Crippen LogP contribution in [0.3, 0.4) is 0 Å². The largest absolute Gasteiger partial charge is 0.466 e. The molecule has 1 atom stereocenters.